The minimum absolute atomic E-state index is 0.178. The first-order valence-corrected chi connectivity index (χ1v) is 6.59. The number of likely N-dealkylation sites (tertiary alicyclic amines) is 1. The molecular weight excluding hydrogens is 303 g/mol. The van der Waals surface area contributed by atoms with Gasteiger partial charge in [0.15, 0.2) is 6.61 Å². The average molecular weight is 317 g/mol. The maximum atomic E-state index is 12.1. The van der Waals surface area contributed by atoms with E-state index in [1.165, 1.54) is 6.20 Å². The van der Waals surface area contributed by atoms with E-state index in [9.17, 15) is 22.8 Å². The summed E-state index contributed by atoms with van der Waals surface area (Å²) < 4.78 is 40.4. The molecule has 0 spiro atoms. The highest BCUT2D eigenvalue weighted by molar-refractivity contribution is 5.96. The molecule has 120 valence electrons. The average Bonchev–Trinajstić information content (AvgIpc) is 2.94. The highest BCUT2D eigenvalue weighted by Crippen LogP contribution is 2.21. The Hall–Kier alpha value is -2.32. The fourth-order valence-corrected chi connectivity index (χ4v) is 2.13. The third-order valence-electron chi connectivity index (χ3n) is 3.07. The summed E-state index contributed by atoms with van der Waals surface area (Å²) in [6.45, 7) is -1.49. The molecule has 6 nitrogen and oxygen atoms in total. The number of alkyl halides is 3. The van der Waals surface area contributed by atoms with Crippen molar-refractivity contribution in [2.45, 2.75) is 25.1 Å². The van der Waals surface area contributed by atoms with Gasteiger partial charge in [-0.15, -0.1) is 0 Å². The lowest BCUT2D eigenvalue weighted by Gasteiger charge is -2.23. The van der Waals surface area contributed by atoms with Crippen molar-refractivity contribution in [2.24, 2.45) is 0 Å². The van der Waals surface area contributed by atoms with Gasteiger partial charge in [0.05, 0.1) is 0 Å². The Kier molecular flexibility index (Phi) is 4.84. The number of aromatic nitrogens is 1. The topological polar surface area (TPSA) is 71.5 Å². The number of carbonyl (C=O) groups excluding carboxylic acids is 2. The number of rotatable bonds is 3. The first kappa shape index (κ1) is 16.1. The minimum atomic E-state index is -4.60. The summed E-state index contributed by atoms with van der Waals surface area (Å²) in [5.74, 6) is -0.192. The van der Waals surface area contributed by atoms with Crippen molar-refractivity contribution in [3.05, 3.63) is 24.4 Å². The van der Waals surface area contributed by atoms with E-state index in [1.54, 1.807) is 18.2 Å². The molecule has 2 heterocycles. The molecule has 1 atom stereocenters. The van der Waals surface area contributed by atoms with Crippen LogP contribution in [0.4, 0.5) is 23.8 Å². The van der Waals surface area contributed by atoms with Crippen LogP contribution in [0.3, 0.4) is 0 Å². The van der Waals surface area contributed by atoms with Crippen LogP contribution in [0.1, 0.15) is 12.8 Å². The molecule has 1 N–H and O–H groups in total. The van der Waals surface area contributed by atoms with Crippen molar-refractivity contribution >= 4 is 17.8 Å². The van der Waals surface area contributed by atoms with Crippen LogP contribution in [0.5, 0.6) is 0 Å². The molecule has 2 amide bonds. The summed E-state index contributed by atoms with van der Waals surface area (Å²) in [6, 6.07) is 4.06. The van der Waals surface area contributed by atoms with Gasteiger partial charge in [0.25, 0.3) is 0 Å². The summed E-state index contributed by atoms with van der Waals surface area (Å²) in [4.78, 5) is 28.7. The molecule has 0 bridgehead atoms. The Labute approximate surface area is 124 Å². The highest BCUT2D eigenvalue weighted by atomic mass is 19.4. The molecule has 1 unspecified atom stereocenters. The quantitative estimate of drug-likeness (QED) is 0.927. The van der Waals surface area contributed by atoms with E-state index in [4.69, 9.17) is 0 Å². The second-order valence-corrected chi connectivity index (χ2v) is 4.73. The van der Waals surface area contributed by atoms with E-state index in [0.29, 0.717) is 18.7 Å². The molecule has 0 radical (unpaired) electrons. The standard InChI is InChI=1S/C13H14F3N3O3/c14-13(15,16)8-22-12(21)19-7-3-4-9(19)11(20)18-10-5-1-2-6-17-10/h1-2,5-6,9H,3-4,7-8H2,(H,17,18,20). The number of hydrogen-bond donors (Lipinski definition) is 1. The van der Waals surface area contributed by atoms with Crippen LogP contribution in [0.2, 0.25) is 0 Å². The van der Waals surface area contributed by atoms with Crippen LogP contribution in [0.15, 0.2) is 24.4 Å². The zero-order valence-corrected chi connectivity index (χ0v) is 11.5. The van der Waals surface area contributed by atoms with Crippen molar-refractivity contribution in [3.8, 4) is 0 Å². The molecule has 1 aromatic heterocycles. The number of carbonyl (C=O) groups is 2. The maximum Gasteiger partial charge on any atom is 0.422 e. The molecule has 0 aromatic carbocycles. The first-order chi connectivity index (χ1) is 10.4. The van der Waals surface area contributed by atoms with Gasteiger partial charge >= 0.3 is 12.3 Å². The third-order valence-corrected chi connectivity index (χ3v) is 3.07. The molecule has 1 aliphatic rings. The van der Waals surface area contributed by atoms with Gasteiger partial charge in [0, 0.05) is 12.7 Å². The predicted molar refractivity (Wildman–Crippen MR) is 70.0 cm³/mol. The SMILES string of the molecule is O=C(Nc1ccccn1)C1CCCN1C(=O)OCC(F)(F)F. The lowest BCUT2D eigenvalue weighted by Crippen LogP contribution is -2.44. The van der Waals surface area contributed by atoms with Gasteiger partial charge < -0.3 is 10.1 Å². The second kappa shape index (κ2) is 6.63. The summed E-state index contributed by atoms with van der Waals surface area (Å²) in [5.41, 5.74) is 0. The summed E-state index contributed by atoms with van der Waals surface area (Å²) in [5, 5.41) is 2.52. The molecule has 1 aromatic rings. The van der Waals surface area contributed by atoms with E-state index < -0.39 is 30.8 Å². The summed E-state index contributed by atoms with van der Waals surface area (Å²) in [7, 11) is 0. The third kappa shape index (κ3) is 4.34. The Morgan fingerprint density at radius 1 is 1.41 bits per heavy atom. The van der Waals surface area contributed by atoms with Crippen LogP contribution in [0.25, 0.3) is 0 Å². The molecular formula is C13H14F3N3O3. The van der Waals surface area contributed by atoms with Crippen LogP contribution >= 0.6 is 0 Å². The molecule has 1 aliphatic heterocycles. The summed E-state index contributed by atoms with van der Waals surface area (Å²) in [6.07, 6.45) is -3.38. The Bertz CT molecular complexity index is 536. The Morgan fingerprint density at radius 2 is 2.18 bits per heavy atom. The van der Waals surface area contributed by atoms with Gasteiger partial charge in [-0.3, -0.25) is 9.69 Å². The molecule has 1 fully saturated rings. The van der Waals surface area contributed by atoms with E-state index >= 15 is 0 Å². The minimum Gasteiger partial charge on any atom is -0.440 e. The fraction of sp³-hybridized carbons (Fsp3) is 0.462. The van der Waals surface area contributed by atoms with Crippen molar-refractivity contribution in [1.82, 2.24) is 9.88 Å². The van der Waals surface area contributed by atoms with E-state index in [0.717, 1.165) is 4.90 Å². The van der Waals surface area contributed by atoms with Crippen LogP contribution < -0.4 is 5.32 Å². The van der Waals surface area contributed by atoms with Crippen molar-refractivity contribution in [3.63, 3.8) is 0 Å². The van der Waals surface area contributed by atoms with Gasteiger partial charge in [-0.2, -0.15) is 13.2 Å². The van der Waals surface area contributed by atoms with Gasteiger partial charge in [0.1, 0.15) is 11.9 Å². The zero-order valence-electron chi connectivity index (χ0n) is 11.5. The van der Waals surface area contributed by atoms with E-state index in [2.05, 4.69) is 15.0 Å². The van der Waals surface area contributed by atoms with Crippen molar-refractivity contribution in [2.75, 3.05) is 18.5 Å². The predicted octanol–water partition coefficient (Wildman–Crippen LogP) is 2.18. The smallest absolute Gasteiger partial charge is 0.422 e. The lowest BCUT2D eigenvalue weighted by atomic mass is 10.2. The number of ether oxygens (including phenoxy) is 1. The van der Waals surface area contributed by atoms with Gasteiger partial charge in [-0.25, -0.2) is 9.78 Å². The summed E-state index contributed by atoms with van der Waals surface area (Å²) >= 11 is 0. The van der Waals surface area contributed by atoms with E-state index in [1.807, 2.05) is 0 Å². The number of hydrogen-bond acceptors (Lipinski definition) is 4. The monoisotopic (exact) mass is 317 g/mol. The van der Waals surface area contributed by atoms with Crippen molar-refractivity contribution in [1.29, 1.82) is 0 Å². The number of halogens is 3. The zero-order chi connectivity index (χ0) is 16.2. The normalized spacial score (nSPS) is 18.1. The number of pyridine rings is 1. The number of nitrogens with one attached hydrogen (secondary N) is 1. The molecule has 9 heteroatoms. The molecule has 0 saturated carbocycles. The van der Waals surface area contributed by atoms with Crippen LogP contribution in [0, 0.1) is 0 Å². The number of amides is 2. The van der Waals surface area contributed by atoms with E-state index in [-0.39, 0.29) is 6.54 Å². The molecule has 22 heavy (non-hydrogen) atoms. The Morgan fingerprint density at radius 3 is 2.82 bits per heavy atom. The first-order valence-electron chi connectivity index (χ1n) is 6.59. The number of anilines is 1. The largest absolute Gasteiger partial charge is 0.440 e. The fourth-order valence-electron chi connectivity index (χ4n) is 2.13. The maximum absolute atomic E-state index is 12.1. The van der Waals surface area contributed by atoms with Gasteiger partial charge in [0.2, 0.25) is 5.91 Å². The van der Waals surface area contributed by atoms with Crippen LogP contribution in [-0.2, 0) is 9.53 Å². The highest BCUT2D eigenvalue weighted by Gasteiger charge is 2.37. The molecule has 0 aliphatic carbocycles. The second-order valence-electron chi connectivity index (χ2n) is 4.73. The van der Waals surface area contributed by atoms with Gasteiger partial charge in [-0.05, 0) is 25.0 Å². The lowest BCUT2D eigenvalue weighted by molar-refractivity contribution is -0.162. The molecule has 2 rings (SSSR count). The Balaban J connectivity index is 1.95. The van der Waals surface area contributed by atoms with Gasteiger partial charge in [-0.1, -0.05) is 6.07 Å². The molecule has 1 saturated heterocycles. The van der Waals surface area contributed by atoms with Crippen LogP contribution in [-0.4, -0.2) is 47.3 Å². The number of nitrogens with zero attached hydrogens (tertiary/aromatic N) is 2. The van der Waals surface area contributed by atoms with Crippen molar-refractivity contribution < 1.29 is 27.5 Å².